The highest BCUT2D eigenvalue weighted by molar-refractivity contribution is 5.88. The third-order valence-electron chi connectivity index (χ3n) is 16.0. The number of carbonyl (C=O) groups excluding carboxylic acids is 5. The number of hydrogen-bond acceptors (Lipinski definition) is 16. The van der Waals surface area contributed by atoms with Gasteiger partial charge in [0.25, 0.3) is 0 Å². The van der Waals surface area contributed by atoms with E-state index in [2.05, 4.69) is 38.3 Å². The molecule has 0 unspecified atom stereocenters. The number of nitrogens with one attached hydrogen (secondary N) is 2. The Bertz CT molecular complexity index is 2240. The summed E-state index contributed by atoms with van der Waals surface area (Å²) in [4.78, 5) is 74.6. The molecule has 0 aromatic heterocycles. The minimum atomic E-state index is -0.886. The Morgan fingerprint density at radius 3 is 0.904 bits per heavy atom. The van der Waals surface area contributed by atoms with Crippen molar-refractivity contribution in [3.63, 3.8) is 0 Å². The molecular weight excluding hydrogens is 933 g/mol. The first-order valence-corrected chi connectivity index (χ1v) is 26.7. The standard InChI is InChI=1S/C57H92N4O12/c1-48(2)22-33(23-49(3,4)32-48)43(62)69-38-21-39(70-44(63)36-28-54(13,14)60(67)55(15,16)29-36)41(72-47(66)37-30-56(17,18)61(68)57(19,20)31-37)42(73-46(65)35-26-52(9,10)59-53(11,12)27-35)40(38)71-45(64)34-24-50(5,6)58-51(7,8)25-34/h21,33-37,58-59,67-68H,22-32H2,1-20H3. The Kier molecular flexibility index (Phi) is 15.6. The first-order chi connectivity index (χ1) is 32.8. The molecule has 1 aromatic carbocycles. The summed E-state index contributed by atoms with van der Waals surface area (Å²) in [5.41, 5.74) is -5.98. The van der Waals surface area contributed by atoms with Crippen molar-refractivity contribution in [3.8, 4) is 28.7 Å². The monoisotopic (exact) mass is 1020 g/mol. The fourth-order valence-electron chi connectivity index (χ4n) is 14.8. The van der Waals surface area contributed by atoms with E-state index in [-0.39, 0.29) is 42.3 Å². The van der Waals surface area contributed by atoms with Crippen LogP contribution in [-0.4, -0.2) is 94.7 Å². The molecule has 4 aliphatic heterocycles. The number of ether oxygens (including phenoxy) is 5. The van der Waals surface area contributed by atoms with E-state index in [1.165, 1.54) is 16.2 Å². The lowest BCUT2D eigenvalue weighted by Crippen LogP contribution is -2.60. The van der Waals surface area contributed by atoms with Gasteiger partial charge >= 0.3 is 29.8 Å². The Hall–Kier alpha value is -3.67. The zero-order valence-corrected chi connectivity index (χ0v) is 48.1. The molecule has 16 nitrogen and oxygen atoms in total. The Morgan fingerprint density at radius 1 is 0.384 bits per heavy atom. The lowest BCUT2D eigenvalue weighted by molar-refractivity contribution is -0.251. The van der Waals surface area contributed by atoms with Crippen LogP contribution in [0.1, 0.15) is 209 Å². The van der Waals surface area contributed by atoms with Gasteiger partial charge < -0.3 is 44.7 Å². The van der Waals surface area contributed by atoms with Gasteiger partial charge in [0.15, 0.2) is 11.5 Å². The normalized spacial score (nSPS) is 26.8. The van der Waals surface area contributed by atoms with Crippen molar-refractivity contribution >= 4 is 29.8 Å². The molecule has 0 bridgehead atoms. The van der Waals surface area contributed by atoms with E-state index in [1.54, 1.807) is 0 Å². The van der Waals surface area contributed by atoms with E-state index in [9.17, 15) is 29.6 Å². The highest BCUT2D eigenvalue weighted by Gasteiger charge is 2.52. The molecule has 1 saturated carbocycles. The molecule has 4 saturated heterocycles. The topological polar surface area (TPSA) is 202 Å². The summed E-state index contributed by atoms with van der Waals surface area (Å²) in [7, 11) is 0. The number of piperidine rings is 4. The second-order valence-electron chi connectivity index (χ2n) is 29.7. The van der Waals surface area contributed by atoms with Gasteiger partial charge in [0.1, 0.15) is 0 Å². The molecule has 0 amide bonds. The number of hydroxylamine groups is 4. The van der Waals surface area contributed by atoms with Gasteiger partial charge in [-0.25, -0.2) is 0 Å². The molecule has 73 heavy (non-hydrogen) atoms. The molecule has 0 atom stereocenters. The summed E-state index contributed by atoms with van der Waals surface area (Å²) < 4.78 is 32.3. The van der Waals surface area contributed by atoms with Crippen LogP contribution in [0.25, 0.3) is 0 Å². The lowest BCUT2D eigenvalue weighted by Gasteiger charge is -2.50. The van der Waals surface area contributed by atoms with Crippen molar-refractivity contribution < 1.29 is 58.1 Å². The highest BCUT2D eigenvalue weighted by Crippen LogP contribution is 2.55. The third-order valence-corrected chi connectivity index (χ3v) is 16.0. The average Bonchev–Trinajstić information content (AvgIpc) is 3.17. The Labute approximate surface area is 436 Å². The number of rotatable bonds is 10. The predicted octanol–water partition coefficient (Wildman–Crippen LogP) is 10.5. The number of carbonyl (C=O) groups is 5. The van der Waals surface area contributed by atoms with Crippen molar-refractivity contribution in [1.82, 2.24) is 20.8 Å². The van der Waals surface area contributed by atoms with Crippen LogP contribution in [0, 0.1) is 40.4 Å². The zero-order valence-electron chi connectivity index (χ0n) is 48.1. The molecule has 1 aliphatic carbocycles. The van der Waals surface area contributed by atoms with Gasteiger partial charge in [0, 0.05) is 50.4 Å². The molecule has 0 radical (unpaired) electrons. The van der Waals surface area contributed by atoms with Gasteiger partial charge in [-0.3, -0.25) is 24.0 Å². The van der Waals surface area contributed by atoms with E-state index < -0.39 is 127 Å². The maximum Gasteiger partial charge on any atom is 0.314 e. The maximum absolute atomic E-state index is 15.1. The molecule has 5 aliphatic rings. The summed E-state index contributed by atoms with van der Waals surface area (Å²) in [6.45, 7) is 39.0. The minimum Gasteiger partial charge on any atom is -0.422 e. The predicted molar refractivity (Wildman–Crippen MR) is 277 cm³/mol. The second-order valence-corrected chi connectivity index (χ2v) is 29.7. The van der Waals surface area contributed by atoms with Gasteiger partial charge in [-0.15, -0.1) is 0 Å². The van der Waals surface area contributed by atoms with Crippen LogP contribution >= 0.6 is 0 Å². The average molecular weight is 1030 g/mol. The highest BCUT2D eigenvalue weighted by atomic mass is 16.6. The van der Waals surface area contributed by atoms with E-state index in [4.69, 9.17) is 23.7 Å². The number of esters is 5. The van der Waals surface area contributed by atoms with Crippen molar-refractivity contribution in [2.45, 2.75) is 253 Å². The lowest BCUT2D eigenvalue weighted by atomic mass is 9.61. The van der Waals surface area contributed by atoms with Crippen molar-refractivity contribution in [1.29, 1.82) is 0 Å². The van der Waals surface area contributed by atoms with E-state index >= 15 is 4.79 Å². The van der Waals surface area contributed by atoms with Crippen molar-refractivity contribution in [2.75, 3.05) is 0 Å². The first-order valence-electron chi connectivity index (χ1n) is 26.7. The number of hydrogen-bond donors (Lipinski definition) is 4. The summed E-state index contributed by atoms with van der Waals surface area (Å²) >= 11 is 0. The van der Waals surface area contributed by atoms with E-state index in [1.807, 2.05) is 111 Å². The first kappa shape index (κ1) is 58.6. The van der Waals surface area contributed by atoms with Crippen LogP contribution in [0.3, 0.4) is 0 Å². The van der Waals surface area contributed by atoms with Gasteiger partial charge in [-0.2, -0.15) is 10.1 Å². The van der Waals surface area contributed by atoms with Gasteiger partial charge in [-0.05, 0) is 192 Å². The second kappa shape index (κ2) is 19.4. The molecule has 412 valence electrons. The molecule has 4 heterocycles. The van der Waals surface area contributed by atoms with Crippen LogP contribution in [0.5, 0.6) is 28.7 Å². The summed E-state index contributed by atoms with van der Waals surface area (Å²) in [5, 5.41) is 32.1. The molecule has 16 heteroatoms. The van der Waals surface area contributed by atoms with E-state index in [0.29, 0.717) is 38.5 Å². The van der Waals surface area contributed by atoms with Crippen LogP contribution < -0.4 is 34.3 Å². The molecule has 6 rings (SSSR count). The maximum atomic E-state index is 15.1. The third kappa shape index (κ3) is 13.7. The van der Waals surface area contributed by atoms with Gasteiger partial charge in [0.05, 0.1) is 29.6 Å². The number of nitrogens with zero attached hydrogens (tertiary/aromatic N) is 2. The van der Waals surface area contributed by atoms with Crippen molar-refractivity contribution in [3.05, 3.63) is 6.07 Å². The zero-order chi connectivity index (χ0) is 55.2. The summed E-state index contributed by atoms with van der Waals surface area (Å²) in [6, 6.07) is 1.23. The fourth-order valence-corrected chi connectivity index (χ4v) is 14.8. The number of benzene rings is 1. The molecule has 0 spiro atoms. The van der Waals surface area contributed by atoms with Crippen LogP contribution in [0.15, 0.2) is 6.07 Å². The van der Waals surface area contributed by atoms with Crippen molar-refractivity contribution in [2.24, 2.45) is 40.4 Å². The molecule has 1 aromatic rings. The Morgan fingerprint density at radius 2 is 0.616 bits per heavy atom. The fraction of sp³-hybridized carbons (Fsp3) is 0.807. The van der Waals surface area contributed by atoms with Crippen LogP contribution in [0.2, 0.25) is 0 Å². The molecule has 4 N–H and O–H groups in total. The molecule has 5 fully saturated rings. The van der Waals surface area contributed by atoms with E-state index in [0.717, 1.165) is 6.42 Å². The summed E-state index contributed by atoms with van der Waals surface area (Å²) in [6.07, 6.45) is 3.99. The Balaban J connectivity index is 1.60. The smallest absolute Gasteiger partial charge is 0.314 e. The quantitative estimate of drug-likeness (QED) is 0.127. The minimum absolute atomic E-state index is 0.159. The largest absolute Gasteiger partial charge is 0.422 e. The SMILES string of the molecule is CC1(C)CC(C(=O)Oc2cc(OC(=O)C3CC(C)(C)N(O)C(C)(C)C3)c(OC(=O)C3CC(C)(C)N(O)C(C)(C)C3)c(OC(=O)C3CC(C)(C)NC(C)(C)C3)c2OC(=O)C2CC(C)(C)NC(C)(C)C2)CC(C)(C)C1. The molecular formula is C57H92N4O12. The van der Waals surface area contributed by atoms with Gasteiger partial charge in [-0.1, -0.05) is 27.7 Å². The van der Waals surface area contributed by atoms with Crippen LogP contribution in [-0.2, 0) is 24.0 Å². The summed E-state index contributed by atoms with van der Waals surface area (Å²) in [5.74, 6) is -9.47. The van der Waals surface area contributed by atoms with Gasteiger partial charge in [0.2, 0.25) is 17.2 Å². The van der Waals surface area contributed by atoms with Crippen LogP contribution in [0.4, 0.5) is 0 Å².